The first-order chi connectivity index (χ1) is 14.5. The molecule has 2 amide bonds. The Morgan fingerprint density at radius 1 is 1.17 bits per heavy atom. The van der Waals surface area contributed by atoms with E-state index in [-0.39, 0.29) is 24.1 Å². The minimum absolute atomic E-state index is 0.138. The first-order valence-electron chi connectivity index (χ1n) is 9.65. The number of para-hydroxylation sites is 2. The second-order valence-electron chi connectivity index (χ2n) is 7.10. The summed E-state index contributed by atoms with van der Waals surface area (Å²) in [6.07, 6.45) is 1.55. The molecule has 0 saturated carbocycles. The normalized spacial score (nSPS) is 16.5. The van der Waals surface area contributed by atoms with E-state index in [1.54, 1.807) is 25.3 Å². The Hall–Kier alpha value is -3.01. The highest BCUT2D eigenvalue weighted by Gasteiger charge is 2.28. The Kier molecular flexibility index (Phi) is 5.67. The highest BCUT2D eigenvalue weighted by molar-refractivity contribution is 8.00. The zero-order valence-electron chi connectivity index (χ0n) is 16.9. The van der Waals surface area contributed by atoms with Crippen molar-refractivity contribution >= 4 is 35.0 Å². The maximum atomic E-state index is 12.8. The van der Waals surface area contributed by atoms with Crippen LogP contribution in [-0.4, -0.2) is 72.6 Å². The molecule has 0 N–H and O–H groups in total. The molecule has 4 rings (SSSR count). The average molecular weight is 430 g/mol. The molecule has 10 heteroatoms. The number of hydrogen-bond donors (Lipinski definition) is 0. The molecule has 0 spiro atoms. The van der Waals surface area contributed by atoms with Crippen LogP contribution in [0.15, 0.2) is 40.2 Å². The van der Waals surface area contributed by atoms with E-state index in [4.69, 9.17) is 4.74 Å². The van der Waals surface area contributed by atoms with Crippen LogP contribution in [0.5, 0.6) is 5.75 Å². The van der Waals surface area contributed by atoms with Crippen LogP contribution in [-0.2, 0) is 16.1 Å². The minimum Gasteiger partial charge on any atom is -0.495 e. The number of carbonyl (C=O) groups is 2. The molecule has 158 valence electrons. The van der Waals surface area contributed by atoms with Gasteiger partial charge in [-0.05, 0) is 12.1 Å². The summed E-state index contributed by atoms with van der Waals surface area (Å²) in [6.45, 7) is 2.29. The van der Waals surface area contributed by atoms with E-state index in [9.17, 15) is 14.4 Å². The third-order valence-electron chi connectivity index (χ3n) is 5.39. The number of hydrogen-bond acceptors (Lipinski definition) is 7. The molecule has 1 saturated heterocycles. The SMILES string of the molecule is COc1ccccc1N1CCN(C(=O)Cn2ncc3c(c2=O)N(C)C(=O)CS3)CC1. The molecule has 2 aromatic rings. The number of thioether (sulfide) groups is 1. The number of carbonyl (C=O) groups excluding carboxylic acids is 2. The van der Waals surface area contributed by atoms with Gasteiger partial charge in [0.15, 0.2) is 0 Å². The van der Waals surface area contributed by atoms with Gasteiger partial charge in [0.05, 0.1) is 29.6 Å². The van der Waals surface area contributed by atoms with Crippen molar-refractivity contribution in [2.75, 3.05) is 55.9 Å². The van der Waals surface area contributed by atoms with Gasteiger partial charge in [-0.1, -0.05) is 12.1 Å². The zero-order valence-corrected chi connectivity index (χ0v) is 17.7. The number of fused-ring (bicyclic) bond motifs is 1. The maximum absolute atomic E-state index is 12.8. The van der Waals surface area contributed by atoms with Gasteiger partial charge in [-0.2, -0.15) is 5.10 Å². The van der Waals surface area contributed by atoms with E-state index >= 15 is 0 Å². The zero-order chi connectivity index (χ0) is 21.3. The van der Waals surface area contributed by atoms with Gasteiger partial charge in [0.2, 0.25) is 11.8 Å². The molecular weight excluding hydrogens is 406 g/mol. The van der Waals surface area contributed by atoms with Crippen molar-refractivity contribution < 1.29 is 14.3 Å². The molecule has 1 aromatic carbocycles. The Balaban J connectivity index is 1.44. The van der Waals surface area contributed by atoms with Crippen molar-refractivity contribution in [3.8, 4) is 5.75 Å². The topological polar surface area (TPSA) is 88.0 Å². The van der Waals surface area contributed by atoms with Gasteiger partial charge < -0.3 is 19.4 Å². The molecule has 3 heterocycles. The number of methoxy groups -OCH3 is 1. The van der Waals surface area contributed by atoms with Crippen LogP contribution in [0.4, 0.5) is 11.4 Å². The lowest BCUT2D eigenvalue weighted by molar-refractivity contribution is -0.132. The number of aromatic nitrogens is 2. The predicted octanol–water partition coefficient (Wildman–Crippen LogP) is 0.669. The van der Waals surface area contributed by atoms with Crippen molar-refractivity contribution in [2.24, 2.45) is 0 Å². The minimum atomic E-state index is -0.420. The Morgan fingerprint density at radius 3 is 2.63 bits per heavy atom. The van der Waals surface area contributed by atoms with Crippen LogP contribution in [0.3, 0.4) is 0 Å². The average Bonchev–Trinajstić information content (AvgIpc) is 2.78. The van der Waals surface area contributed by atoms with Crippen LogP contribution < -0.4 is 20.1 Å². The van der Waals surface area contributed by atoms with Crippen molar-refractivity contribution in [2.45, 2.75) is 11.4 Å². The largest absolute Gasteiger partial charge is 0.495 e. The van der Waals surface area contributed by atoms with Crippen molar-refractivity contribution in [1.29, 1.82) is 0 Å². The first kappa shape index (κ1) is 20.3. The standard InChI is InChI=1S/C20H23N5O4S/c1-22-18(27)13-30-16-11-21-25(20(28)19(16)22)12-17(26)24-9-7-23(8-10-24)14-5-3-4-6-15(14)29-2/h3-6,11H,7-10,12-13H2,1-2H3. The Bertz CT molecular complexity index is 1030. The van der Waals surface area contributed by atoms with Gasteiger partial charge in [0.1, 0.15) is 18.0 Å². The van der Waals surface area contributed by atoms with Gasteiger partial charge in [-0.15, -0.1) is 11.8 Å². The van der Waals surface area contributed by atoms with Crippen molar-refractivity contribution in [3.05, 3.63) is 40.8 Å². The lowest BCUT2D eigenvalue weighted by atomic mass is 10.2. The second kappa shape index (κ2) is 8.39. The van der Waals surface area contributed by atoms with E-state index in [1.165, 1.54) is 16.7 Å². The smallest absolute Gasteiger partial charge is 0.292 e. The summed E-state index contributed by atoms with van der Waals surface area (Å²) in [5, 5.41) is 4.14. The molecule has 9 nitrogen and oxygen atoms in total. The molecule has 0 aliphatic carbocycles. The van der Waals surface area contributed by atoms with E-state index in [0.29, 0.717) is 36.8 Å². The molecule has 30 heavy (non-hydrogen) atoms. The second-order valence-corrected chi connectivity index (χ2v) is 8.12. The summed E-state index contributed by atoms with van der Waals surface area (Å²) in [7, 11) is 3.22. The Labute approximate surface area is 178 Å². The van der Waals surface area contributed by atoms with Crippen LogP contribution in [0, 0.1) is 0 Å². The third-order valence-corrected chi connectivity index (χ3v) is 6.39. The first-order valence-corrected chi connectivity index (χ1v) is 10.6. The quantitative estimate of drug-likeness (QED) is 0.706. The van der Waals surface area contributed by atoms with Gasteiger partial charge >= 0.3 is 0 Å². The number of amides is 2. The van der Waals surface area contributed by atoms with E-state index < -0.39 is 5.56 Å². The molecule has 2 aliphatic heterocycles. The van der Waals surface area contributed by atoms with Crippen molar-refractivity contribution in [1.82, 2.24) is 14.7 Å². The lowest BCUT2D eigenvalue weighted by Crippen LogP contribution is -2.50. The van der Waals surface area contributed by atoms with Crippen LogP contribution >= 0.6 is 11.8 Å². The summed E-state index contributed by atoms with van der Waals surface area (Å²) in [4.78, 5) is 43.5. The number of benzene rings is 1. The van der Waals surface area contributed by atoms with E-state index in [0.717, 1.165) is 16.1 Å². The van der Waals surface area contributed by atoms with E-state index in [1.807, 2.05) is 24.3 Å². The van der Waals surface area contributed by atoms with Crippen LogP contribution in [0.2, 0.25) is 0 Å². The number of anilines is 2. The molecule has 0 atom stereocenters. The fourth-order valence-corrected chi connectivity index (χ4v) is 4.62. The van der Waals surface area contributed by atoms with Gasteiger partial charge in [-0.25, -0.2) is 4.68 Å². The lowest BCUT2D eigenvalue weighted by Gasteiger charge is -2.36. The Morgan fingerprint density at radius 2 is 1.90 bits per heavy atom. The summed E-state index contributed by atoms with van der Waals surface area (Å²) in [5.41, 5.74) is 0.876. The summed E-state index contributed by atoms with van der Waals surface area (Å²) in [5.74, 6) is 0.783. The molecule has 0 unspecified atom stereocenters. The van der Waals surface area contributed by atoms with Gasteiger partial charge in [0, 0.05) is 33.2 Å². The number of piperazine rings is 1. The molecule has 0 radical (unpaired) electrons. The summed E-state index contributed by atoms with van der Waals surface area (Å²) >= 11 is 1.29. The van der Waals surface area contributed by atoms with Crippen LogP contribution in [0.25, 0.3) is 0 Å². The van der Waals surface area contributed by atoms with Crippen LogP contribution in [0.1, 0.15) is 0 Å². The molecule has 2 aliphatic rings. The number of ether oxygens (including phenoxy) is 1. The molecular formula is C20H23N5O4S. The highest BCUT2D eigenvalue weighted by atomic mass is 32.2. The number of nitrogens with zero attached hydrogens (tertiary/aromatic N) is 5. The fraction of sp³-hybridized carbons (Fsp3) is 0.400. The molecule has 0 bridgehead atoms. The van der Waals surface area contributed by atoms with Crippen molar-refractivity contribution in [3.63, 3.8) is 0 Å². The predicted molar refractivity (Wildman–Crippen MR) is 114 cm³/mol. The molecule has 1 fully saturated rings. The summed E-state index contributed by atoms with van der Waals surface area (Å²) in [6, 6.07) is 7.81. The molecule has 1 aromatic heterocycles. The fourth-order valence-electron chi connectivity index (χ4n) is 3.67. The summed E-state index contributed by atoms with van der Waals surface area (Å²) < 4.78 is 6.57. The maximum Gasteiger partial charge on any atom is 0.292 e. The highest BCUT2D eigenvalue weighted by Crippen LogP contribution is 2.31. The monoisotopic (exact) mass is 429 g/mol. The van der Waals surface area contributed by atoms with Gasteiger partial charge in [0.25, 0.3) is 5.56 Å². The number of rotatable bonds is 4. The van der Waals surface area contributed by atoms with E-state index in [2.05, 4.69) is 10.00 Å². The third kappa shape index (κ3) is 3.74. The van der Waals surface area contributed by atoms with Gasteiger partial charge in [-0.3, -0.25) is 14.4 Å².